The van der Waals surface area contributed by atoms with Gasteiger partial charge in [0.15, 0.2) is 11.0 Å². The largest absolute Gasteiger partial charge is 0.835 e. The van der Waals surface area contributed by atoms with Crippen LogP contribution in [-0.4, -0.2) is 14.1 Å². The van der Waals surface area contributed by atoms with Crippen molar-refractivity contribution in [3.8, 4) is 0 Å². The minimum Gasteiger partial charge on any atom is -0.598 e. The number of thiazole rings is 2. The maximum absolute atomic E-state index is 15.2. The maximum atomic E-state index is 15.2. The molecule has 0 saturated carbocycles. The molecule has 0 amide bonds. The van der Waals surface area contributed by atoms with Gasteiger partial charge in [0.2, 0.25) is 10.0 Å². The van der Waals surface area contributed by atoms with Gasteiger partial charge in [-0.05, 0) is 23.3 Å². The van der Waals surface area contributed by atoms with E-state index in [1.807, 2.05) is 121 Å². The molecule has 0 radical (unpaired) electrons. The lowest BCUT2D eigenvalue weighted by Crippen LogP contribution is -2.63. The van der Waals surface area contributed by atoms with Crippen LogP contribution in [0.2, 0.25) is 0 Å². The summed E-state index contributed by atoms with van der Waals surface area (Å²) < 4.78 is 75.2. The molecule has 8 aromatic rings. The molecule has 0 saturated heterocycles. The second kappa shape index (κ2) is 13.5. The molecule has 0 bridgehead atoms. The lowest BCUT2D eigenvalue weighted by atomic mass is 9.93. The first-order valence-electron chi connectivity index (χ1n) is 17.3. The quantitative estimate of drug-likeness (QED) is 0.132. The Hall–Kier alpha value is -5.97. The molecule has 0 spiro atoms. The van der Waals surface area contributed by atoms with E-state index in [2.05, 4.69) is 0 Å². The molecule has 264 valence electrons. The monoisotopic (exact) mass is 754 g/mol. The van der Waals surface area contributed by atoms with E-state index in [4.69, 9.17) is 9.31 Å². The summed E-state index contributed by atoms with van der Waals surface area (Å²) in [4.78, 5) is 0. The zero-order valence-corrected chi connectivity index (χ0v) is 30.0. The SMILES string of the molecule is F[B-]1(F)OC(c2ccccc2)=C(c2ccccc2)c2sc3ccccc3[n+]21.F[B-]1(F)OC(c2ccccc2)=C(c2ccccc2)c2sc3ccccc3[n+]21. The summed E-state index contributed by atoms with van der Waals surface area (Å²) in [6, 6.07) is 51.8. The van der Waals surface area contributed by atoms with E-state index in [0.717, 1.165) is 29.5 Å². The lowest BCUT2D eigenvalue weighted by molar-refractivity contribution is -0.552. The normalized spacial score (nSPS) is 15.5. The van der Waals surface area contributed by atoms with Crippen molar-refractivity contribution in [2.45, 2.75) is 0 Å². The molecule has 4 nitrogen and oxygen atoms in total. The molecule has 0 unspecified atom stereocenters. The Labute approximate surface area is 316 Å². The summed E-state index contributed by atoms with van der Waals surface area (Å²) in [5.41, 5.74) is 5.34. The molecular weight excluding hydrogens is 726 g/mol. The van der Waals surface area contributed by atoms with Gasteiger partial charge in [-0.2, -0.15) is 0 Å². The predicted octanol–water partition coefficient (Wildman–Crippen LogP) is 10.7. The number of hydrogen-bond acceptors (Lipinski definition) is 4. The van der Waals surface area contributed by atoms with Gasteiger partial charge in [0.05, 0.1) is 32.1 Å². The predicted molar refractivity (Wildman–Crippen MR) is 211 cm³/mol. The Bertz CT molecular complexity index is 2530. The van der Waals surface area contributed by atoms with Gasteiger partial charge in [-0.3, -0.25) is 8.96 Å². The Kier molecular flexibility index (Phi) is 8.44. The molecule has 0 fully saturated rings. The Morgan fingerprint density at radius 3 is 1.02 bits per heavy atom. The second-order valence-corrected chi connectivity index (χ2v) is 14.8. The fourth-order valence-corrected chi connectivity index (χ4v) is 9.49. The zero-order valence-electron chi connectivity index (χ0n) is 28.4. The van der Waals surface area contributed by atoms with E-state index in [1.54, 1.807) is 48.5 Å². The fraction of sp³-hybridized carbons (Fsp3) is 0. The molecule has 4 heterocycles. The number of rotatable bonds is 4. The van der Waals surface area contributed by atoms with Gasteiger partial charge in [0, 0.05) is 23.3 Å². The fourth-order valence-electron chi connectivity index (χ4n) is 6.97. The molecular formula is C42H28B2F4N2O2S2. The Morgan fingerprint density at radius 1 is 0.370 bits per heavy atom. The van der Waals surface area contributed by atoms with Crippen LogP contribution in [0.25, 0.3) is 43.1 Å². The van der Waals surface area contributed by atoms with E-state index in [-0.39, 0.29) is 11.5 Å². The number of fused-ring (bicyclic) bond motifs is 6. The highest BCUT2D eigenvalue weighted by Crippen LogP contribution is 2.43. The first kappa shape index (κ1) is 33.8. The molecule has 2 aliphatic rings. The molecule has 10 rings (SSSR count). The van der Waals surface area contributed by atoms with Crippen LogP contribution in [0.1, 0.15) is 32.3 Å². The summed E-state index contributed by atoms with van der Waals surface area (Å²) in [6.07, 6.45) is 0. The van der Waals surface area contributed by atoms with Crippen LogP contribution in [0.3, 0.4) is 0 Å². The van der Waals surface area contributed by atoms with E-state index < -0.39 is 14.1 Å². The molecule has 2 aliphatic heterocycles. The zero-order chi connectivity index (χ0) is 36.9. The van der Waals surface area contributed by atoms with Crippen molar-refractivity contribution in [2.75, 3.05) is 0 Å². The number of halogens is 4. The molecule has 54 heavy (non-hydrogen) atoms. The van der Waals surface area contributed by atoms with Crippen molar-refractivity contribution in [3.05, 3.63) is 202 Å². The average Bonchev–Trinajstić information content (AvgIpc) is 3.80. The topological polar surface area (TPSA) is 26.2 Å². The van der Waals surface area contributed by atoms with Gasteiger partial charge in [0.25, 0.3) is 0 Å². The number of hydrogen-bond donors (Lipinski definition) is 0. The minimum absolute atomic E-state index is 0.221. The van der Waals surface area contributed by atoms with Crippen LogP contribution < -0.4 is 8.96 Å². The second-order valence-electron chi connectivity index (χ2n) is 12.7. The van der Waals surface area contributed by atoms with Crippen LogP contribution in [0.5, 0.6) is 0 Å². The van der Waals surface area contributed by atoms with Crippen LogP contribution in [0.15, 0.2) is 170 Å². The smallest absolute Gasteiger partial charge is 0.598 e. The molecule has 0 N–H and O–H groups in total. The summed E-state index contributed by atoms with van der Waals surface area (Å²) >= 11 is 2.73. The number of para-hydroxylation sites is 2. The van der Waals surface area contributed by atoms with E-state index in [9.17, 15) is 0 Å². The van der Waals surface area contributed by atoms with Gasteiger partial charge in [0.1, 0.15) is 0 Å². The maximum Gasteiger partial charge on any atom is 0.835 e. The highest BCUT2D eigenvalue weighted by atomic mass is 32.1. The number of nitrogens with zero attached hydrogens (tertiary/aromatic N) is 2. The summed E-state index contributed by atoms with van der Waals surface area (Å²) in [6.45, 7) is 0. The molecule has 2 aromatic heterocycles. The Morgan fingerprint density at radius 2 is 0.667 bits per heavy atom. The van der Waals surface area contributed by atoms with Crippen molar-refractivity contribution < 1.29 is 35.5 Å². The van der Waals surface area contributed by atoms with Gasteiger partial charge in [-0.25, -0.2) is 0 Å². The highest BCUT2D eigenvalue weighted by molar-refractivity contribution is 7.19. The third-order valence-corrected chi connectivity index (χ3v) is 11.6. The van der Waals surface area contributed by atoms with Gasteiger partial charge in [-0.15, -0.1) is 0 Å². The molecule has 12 heteroatoms. The van der Waals surface area contributed by atoms with Crippen molar-refractivity contribution in [1.29, 1.82) is 0 Å². The lowest BCUT2D eigenvalue weighted by Gasteiger charge is -2.30. The van der Waals surface area contributed by atoms with E-state index in [1.165, 1.54) is 22.7 Å². The molecule has 6 aromatic carbocycles. The summed E-state index contributed by atoms with van der Waals surface area (Å²) in [7, 11) is -8.48. The highest BCUT2D eigenvalue weighted by Gasteiger charge is 2.55. The Balaban J connectivity index is 0.000000142. The molecule has 0 atom stereocenters. The van der Waals surface area contributed by atoms with Crippen LogP contribution in [0.4, 0.5) is 17.3 Å². The van der Waals surface area contributed by atoms with Gasteiger partial charge >= 0.3 is 14.1 Å². The first-order valence-corrected chi connectivity index (χ1v) is 18.9. The van der Waals surface area contributed by atoms with Crippen LogP contribution in [-0.2, 0) is 9.31 Å². The number of benzene rings is 6. The van der Waals surface area contributed by atoms with Crippen molar-refractivity contribution >= 4 is 79.8 Å². The molecule has 0 aliphatic carbocycles. The van der Waals surface area contributed by atoms with E-state index in [0.29, 0.717) is 43.3 Å². The summed E-state index contributed by atoms with van der Waals surface area (Å²) in [5, 5.41) is 1.02. The first-order chi connectivity index (χ1) is 26.3. The standard InChI is InChI=1S/2C21H14BF2NOS/c2*23-22(24)25-17-13-7-8-14-18(17)27-21(25)19(15-9-3-1-4-10-15)20(26-22)16-11-5-2-6-12-16/h2*1-14H. The van der Waals surface area contributed by atoms with E-state index >= 15 is 17.3 Å². The van der Waals surface area contributed by atoms with Crippen LogP contribution >= 0.6 is 22.7 Å². The third-order valence-electron chi connectivity index (χ3n) is 9.30. The average molecular weight is 754 g/mol. The third kappa shape index (κ3) is 5.88. The van der Waals surface area contributed by atoms with Crippen molar-refractivity contribution in [2.24, 2.45) is 0 Å². The van der Waals surface area contributed by atoms with Crippen molar-refractivity contribution in [1.82, 2.24) is 0 Å². The minimum atomic E-state index is -4.24. The van der Waals surface area contributed by atoms with Gasteiger partial charge < -0.3 is 26.6 Å². The summed E-state index contributed by atoms with van der Waals surface area (Å²) in [5.74, 6) is 0.441. The van der Waals surface area contributed by atoms with Gasteiger partial charge in [-0.1, -0.05) is 168 Å². The number of aromatic nitrogens is 2. The van der Waals surface area contributed by atoms with Crippen LogP contribution in [0, 0.1) is 0 Å². The van der Waals surface area contributed by atoms with Crippen molar-refractivity contribution in [3.63, 3.8) is 0 Å².